The van der Waals surface area contributed by atoms with Crippen LogP contribution in [0.5, 0.6) is 0 Å². The molecule has 1 aliphatic rings. The smallest absolute Gasteiger partial charge is 0.263 e. The zero-order valence-corrected chi connectivity index (χ0v) is 9.12. The first kappa shape index (κ1) is 11.5. The van der Waals surface area contributed by atoms with Gasteiger partial charge in [0.15, 0.2) is 0 Å². The van der Waals surface area contributed by atoms with Crippen molar-refractivity contribution in [2.24, 2.45) is 0 Å². The van der Waals surface area contributed by atoms with E-state index in [0.29, 0.717) is 6.54 Å². The van der Waals surface area contributed by atoms with E-state index in [9.17, 15) is 8.78 Å². The number of halogens is 2. The molecule has 2 unspecified atom stereocenters. The highest BCUT2D eigenvalue weighted by Crippen LogP contribution is 2.26. The first-order valence-electron chi connectivity index (χ1n) is 5.41. The molecule has 1 N–H and O–H groups in total. The van der Waals surface area contributed by atoms with Crippen LogP contribution in [0.1, 0.15) is 30.6 Å². The number of ether oxygens (including phenoxy) is 1. The molecule has 0 aromatic heterocycles. The summed E-state index contributed by atoms with van der Waals surface area (Å²) in [5.41, 5.74) is 0.871. The van der Waals surface area contributed by atoms with Crippen molar-refractivity contribution in [1.29, 1.82) is 0 Å². The van der Waals surface area contributed by atoms with Gasteiger partial charge < -0.3 is 10.1 Å². The van der Waals surface area contributed by atoms with Gasteiger partial charge in [-0.1, -0.05) is 18.2 Å². The maximum atomic E-state index is 12.5. The van der Waals surface area contributed by atoms with Crippen molar-refractivity contribution in [3.05, 3.63) is 35.4 Å². The predicted molar refractivity (Wildman–Crippen MR) is 57.6 cm³/mol. The van der Waals surface area contributed by atoms with Gasteiger partial charge in [0.25, 0.3) is 6.43 Å². The maximum absolute atomic E-state index is 12.5. The lowest BCUT2D eigenvalue weighted by atomic mass is 10.0. The van der Waals surface area contributed by atoms with Crippen molar-refractivity contribution in [1.82, 2.24) is 5.32 Å². The summed E-state index contributed by atoms with van der Waals surface area (Å²) in [4.78, 5) is 0. The molecule has 0 radical (unpaired) electrons. The first-order valence-corrected chi connectivity index (χ1v) is 5.41. The van der Waals surface area contributed by atoms with Crippen LogP contribution in [0.3, 0.4) is 0 Å². The molecule has 0 saturated carbocycles. The molecule has 0 bridgehead atoms. The quantitative estimate of drug-likeness (QED) is 0.838. The number of rotatable bonds is 2. The Morgan fingerprint density at radius 2 is 2.19 bits per heavy atom. The molecule has 2 atom stereocenters. The molecule has 1 aliphatic heterocycles. The van der Waals surface area contributed by atoms with Gasteiger partial charge in [0.05, 0.1) is 12.2 Å². The van der Waals surface area contributed by atoms with Gasteiger partial charge in [0.1, 0.15) is 0 Å². The lowest BCUT2D eigenvalue weighted by Crippen LogP contribution is -2.38. The van der Waals surface area contributed by atoms with Crippen molar-refractivity contribution in [3.8, 4) is 0 Å². The second-order valence-corrected chi connectivity index (χ2v) is 4.06. The van der Waals surface area contributed by atoms with Crippen LogP contribution < -0.4 is 5.32 Å². The Morgan fingerprint density at radius 3 is 2.88 bits per heavy atom. The van der Waals surface area contributed by atoms with Crippen molar-refractivity contribution in [2.75, 3.05) is 13.1 Å². The third-order valence-corrected chi connectivity index (χ3v) is 2.69. The molecule has 0 amide bonds. The largest absolute Gasteiger partial charge is 0.368 e. The molecule has 1 heterocycles. The Hall–Kier alpha value is -1.00. The molecule has 4 heteroatoms. The van der Waals surface area contributed by atoms with E-state index in [1.54, 1.807) is 6.07 Å². The van der Waals surface area contributed by atoms with Crippen molar-refractivity contribution < 1.29 is 13.5 Å². The van der Waals surface area contributed by atoms with Gasteiger partial charge >= 0.3 is 0 Å². The van der Waals surface area contributed by atoms with E-state index in [0.717, 1.165) is 12.1 Å². The van der Waals surface area contributed by atoms with Crippen LogP contribution in [0.2, 0.25) is 0 Å². The molecular formula is C12H15F2NO. The zero-order chi connectivity index (χ0) is 11.5. The number of hydrogen-bond acceptors (Lipinski definition) is 2. The minimum absolute atomic E-state index is 0.0549. The van der Waals surface area contributed by atoms with Gasteiger partial charge in [-0.05, 0) is 18.6 Å². The molecular weight excluding hydrogens is 212 g/mol. The second kappa shape index (κ2) is 4.89. The summed E-state index contributed by atoms with van der Waals surface area (Å²) in [6.45, 7) is 3.46. The molecule has 0 aliphatic carbocycles. The Morgan fingerprint density at radius 1 is 1.38 bits per heavy atom. The van der Waals surface area contributed by atoms with Crippen molar-refractivity contribution in [2.45, 2.75) is 25.6 Å². The van der Waals surface area contributed by atoms with Crippen molar-refractivity contribution >= 4 is 0 Å². The lowest BCUT2D eigenvalue weighted by Gasteiger charge is -2.29. The Kier molecular flexibility index (Phi) is 3.51. The highest BCUT2D eigenvalue weighted by atomic mass is 19.3. The predicted octanol–water partition coefficient (Wildman–Crippen LogP) is 2.67. The summed E-state index contributed by atoms with van der Waals surface area (Å²) < 4.78 is 30.8. The minimum atomic E-state index is -2.42. The van der Waals surface area contributed by atoms with Gasteiger partial charge in [-0.25, -0.2) is 8.78 Å². The summed E-state index contributed by atoms with van der Waals surface area (Å²) in [6.07, 6.45) is -2.43. The van der Waals surface area contributed by atoms with Crippen LogP contribution in [-0.4, -0.2) is 19.2 Å². The van der Waals surface area contributed by atoms with Gasteiger partial charge in [0.2, 0.25) is 0 Å². The Balaban J connectivity index is 2.16. The number of alkyl halides is 2. The summed E-state index contributed by atoms with van der Waals surface area (Å²) in [5, 5.41) is 3.22. The number of nitrogens with one attached hydrogen (secondary N) is 1. The highest BCUT2D eigenvalue weighted by Gasteiger charge is 2.21. The fourth-order valence-electron chi connectivity index (χ4n) is 1.89. The van der Waals surface area contributed by atoms with E-state index in [4.69, 9.17) is 4.74 Å². The fourth-order valence-corrected chi connectivity index (χ4v) is 1.89. The average molecular weight is 227 g/mol. The molecule has 2 nitrogen and oxygen atoms in total. The van der Waals surface area contributed by atoms with E-state index in [-0.39, 0.29) is 17.8 Å². The lowest BCUT2D eigenvalue weighted by molar-refractivity contribution is -0.0288. The molecule has 1 fully saturated rings. The third kappa shape index (κ3) is 2.57. The molecule has 16 heavy (non-hydrogen) atoms. The van der Waals surface area contributed by atoms with Gasteiger partial charge in [-0.3, -0.25) is 0 Å². The molecule has 1 saturated heterocycles. The number of hydrogen-bond donors (Lipinski definition) is 1. The van der Waals surface area contributed by atoms with E-state index >= 15 is 0 Å². The Labute approximate surface area is 93.6 Å². The van der Waals surface area contributed by atoms with Crippen LogP contribution in [0, 0.1) is 0 Å². The fraction of sp³-hybridized carbons (Fsp3) is 0.500. The maximum Gasteiger partial charge on any atom is 0.263 e. The monoisotopic (exact) mass is 227 g/mol. The molecule has 88 valence electrons. The van der Waals surface area contributed by atoms with E-state index < -0.39 is 6.43 Å². The van der Waals surface area contributed by atoms with Crippen LogP contribution in [0.4, 0.5) is 8.78 Å². The first-order chi connectivity index (χ1) is 7.66. The molecule has 1 aromatic carbocycles. The summed E-state index contributed by atoms with van der Waals surface area (Å²) in [5.74, 6) is 0. The average Bonchev–Trinajstić information content (AvgIpc) is 2.29. The minimum Gasteiger partial charge on any atom is -0.368 e. The van der Waals surface area contributed by atoms with Gasteiger partial charge in [-0.2, -0.15) is 0 Å². The van der Waals surface area contributed by atoms with E-state index in [1.807, 2.05) is 13.0 Å². The Bertz CT molecular complexity index is 357. The number of morpholine rings is 1. The van der Waals surface area contributed by atoms with E-state index in [1.165, 1.54) is 12.1 Å². The topological polar surface area (TPSA) is 21.3 Å². The van der Waals surface area contributed by atoms with Crippen LogP contribution in [0.15, 0.2) is 24.3 Å². The van der Waals surface area contributed by atoms with Crippen molar-refractivity contribution in [3.63, 3.8) is 0 Å². The van der Waals surface area contributed by atoms with E-state index in [2.05, 4.69) is 5.32 Å². The summed E-state index contributed by atoms with van der Waals surface area (Å²) in [7, 11) is 0. The summed E-state index contributed by atoms with van der Waals surface area (Å²) in [6, 6.07) is 6.44. The molecule has 1 aromatic rings. The highest BCUT2D eigenvalue weighted by molar-refractivity contribution is 5.26. The van der Waals surface area contributed by atoms with Gasteiger partial charge in [0, 0.05) is 18.7 Å². The number of benzene rings is 1. The second-order valence-electron chi connectivity index (χ2n) is 4.06. The van der Waals surface area contributed by atoms with Crippen LogP contribution in [-0.2, 0) is 4.74 Å². The zero-order valence-electron chi connectivity index (χ0n) is 9.12. The van der Waals surface area contributed by atoms with Crippen LogP contribution >= 0.6 is 0 Å². The standard InChI is InChI=1S/C12H15F2NO/c1-8-6-15-7-11(16-8)9-3-2-4-10(5-9)12(13)14/h2-5,8,11-12,15H,6-7H2,1H3. The van der Waals surface area contributed by atoms with Crippen LogP contribution in [0.25, 0.3) is 0 Å². The third-order valence-electron chi connectivity index (χ3n) is 2.69. The summed E-state index contributed by atoms with van der Waals surface area (Å²) >= 11 is 0. The van der Waals surface area contributed by atoms with Gasteiger partial charge in [-0.15, -0.1) is 0 Å². The molecule has 0 spiro atoms. The molecule has 2 rings (SSSR count). The normalized spacial score (nSPS) is 26.0. The SMILES string of the molecule is CC1CNCC(c2cccc(C(F)F)c2)O1.